The molecule has 3 rings (SSSR count). The Labute approximate surface area is 138 Å². The second-order valence-corrected chi connectivity index (χ2v) is 5.86. The molecule has 1 amide bonds. The number of rotatable bonds is 6. The van der Waals surface area contributed by atoms with Crippen LogP contribution in [0.5, 0.6) is 5.75 Å². The van der Waals surface area contributed by atoms with Gasteiger partial charge in [-0.15, -0.1) is 0 Å². The van der Waals surface area contributed by atoms with Crippen molar-refractivity contribution in [2.45, 2.75) is 17.4 Å². The zero-order chi connectivity index (χ0) is 16.1. The number of anilines is 1. The highest BCUT2D eigenvalue weighted by Gasteiger charge is 2.21. The van der Waals surface area contributed by atoms with Gasteiger partial charge in [0.05, 0.1) is 24.5 Å². The fraction of sp³-hybridized carbons (Fsp3) is 0.235. The Hall–Kier alpha value is -2.02. The molecule has 0 saturated carbocycles. The lowest BCUT2D eigenvalue weighted by molar-refractivity contribution is -0.115. The monoisotopic (exact) mass is 331 g/mol. The maximum atomic E-state index is 12.1. The molecule has 1 saturated heterocycles. The third-order valence-corrected chi connectivity index (χ3v) is 3.95. The van der Waals surface area contributed by atoms with Crippen molar-refractivity contribution in [2.75, 3.05) is 18.5 Å². The van der Waals surface area contributed by atoms with Crippen LogP contribution in [0.25, 0.3) is 0 Å². The summed E-state index contributed by atoms with van der Waals surface area (Å²) in [4.78, 5) is 12.6. The van der Waals surface area contributed by atoms with Crippen LogP contribution in [0.2, 0.25) is 0 Å². The van der Waals surface area contributed by atoms with Crippen molar-refractivity contribution < 1.29 is 18.8 Å². The van der Waals surface area contributed by atoms with E-state index in [9.17, 15) is 9.35 Å². The predicted molar refractivity (Wildman–Crippen MR) is 88.9 cm³/mol. The van der Waals surface area contributed by atoms with Crippen LogP contribution in [0.3, 0.4) is 0 Å². The molecule has 0 aliphatic carbocycles. The number of carbonyl (C=O) groups is 1. The molecule has 0 spiro atoms. The fourth-order valence-electron chi connectivity index (χ4n) is 2.20. The van der Waals surface area contributed by atoms with E-state index < -0.39 is 0 Å². The van der Waals surface area contributed by atoms with E-state index in [-0.39, 0.29) is 12.0 Å². The molecule has 6 heteroatoms. The Morgan fingerprint density at radius 3 is 2.70 bits per heavy atom. The van der Waals surface area contributed by atoms with Crippen LogP contribution in [0.15, 0.2) is 53.4 Å². The first-order chi connectivity index (χ1) is 11.2. The normalized spacial score (nSPS) is 14.1. The predicted octanol–water partition coefficient (Wildman–Crippen LogP) is 3.21. The summed E-state index contributed by atoms with van der Waals surface area (Å²) in [6, 6.07) is 14.7. The molecule has 1 aliphatic heterocycles. The summed E-state index contributed by atoms with van der Waals surface area (Å²) in [5.41, 5.74) is 1.58. The molecule has 2 aromatic rings. The van der Waals surface area contributed by atoms with Gasteiger partial charge >= 0.3 is 0 Å². The van der Waals surface area contributed by atoms with E-state index in [2.05, 4.69) is 5.32 Å². The van der Waals surface area contributed by atoms with Gasteiger partial charge in [0, 0.05) is 17.7 Å². The summed E-state index contributed by atoms with van der Waals surface area (Å²) in [6.45, 7) is 1.12. The lowest BCUT2D eigenvalue weighted by Gasteiger charge is -2.27. The van der Waals surface area contributed by atoms with Crippen molar-refractivity contribution in [1.82, 2.24) is 0 Å². The van der Waals surface area contributed by atoms with E-state index in [4.69, 9.17) is 9.47 Å². The lowest BCUT2D eigenvalue weighted by atomic mass is 10.1. The number of amides is 1. The molecule has 0 aromatic heterocycles. The molecular formula is C17H17NO4S. The molecule has 0 atom stereocenters. The van der Waals surface area contributed by atoms with E-state index in [1.165, 1.54) is 0 Å². The van der Waals surface area contributed by atoms with Crippen LogP contribution < -0.4 is 10.1 Å². The average molecular weight is 331 g/mol. The Morgan fingerprint density at radius 1 is 1.26 bits per heavy atom. The summed E-state index contributed by atoms with van der Waals surface area (Å²) >= 11 is 0.600. The third kappa shape index (κ3) is 4.25. The number of carbonyl (C=O) groups excluding carboxylic acids is 1. The molecule has 120 valence electrons. The molecule has 1 fully saturated rings. The molecular weight excluding hydrogens is 314 g/mol. The molecule has 2 aromatic carbocycles. The van der Waals surface area contributed by atoms with E-state index in [1.807, 2.05) is 30.3 Å². The van der Waals surface area contributed by atoms with Crippen LogP contribution in [0.4, 0.5) is 5.69 Å². The second-order valence-electron chi connectivity index (χ2n) is 5.24. The van der Waals surface area contributed by atoms with Gasteiger partial charge in [-0.2, -0.15) is 0 Å². The molecule has 5 nitrogen and oxygen atoms in total. The Bertz CT molecular complexity index is 674. The maximum Gasteiger partial charge on any atom is 0.228 e. The number of ether oxygens (including phenoxy) is 2. The fourth-order valence-corrected chi connectivity index (χ4v) is 2.59. The minimum atomic E-state index is -0.105. The molecule has 1 heterocycles. The van der Waals surface area contributed by atoms with Gasteiger partial charge in [0.25, 0.3) is 0 Å². The maximum absolute atomic E-state index is 12.1. The smallest absolute Gasteiger partial charge is 0.228 e. The van der Waals surface area contributed by atoms with Crippen LogP contribution >= 0.6 is 12.0 Å². The first-order valence-corrected chi connectivity index (χ1v) is 8.05. The molecule has 0 radical (unpaired) electrons. The van der Waals surface area contributed by atoms with E-state index >= 15 is 0 Å². The second kappa shape index (κ2) is 7.50. The van der Waals surface area contributed by atoms with Crippen LogP contribution in [0.1, 0.15) is 5.56 Å². The Morgan fingerprint density at radius 2 is 2.04 bits per heavy atom. The van der Waals surface area contributed by atoms with Crippen molar-refractivity contribution in [3.8, 4) is 5.75 Å². The van der Waals surface area contributed by atoms with Crippen LogP contribution in [-0.4, -0.2) is 29.8 Å². The Balaban J connectivity index is 1.64. The molecule has 1 aliphatic rings. The van der Waals surface area contributed by atoms with Crippen molar-refractivity contribution in [3.05, 3.63) is 54.1 Å². The van der Waals surface area contributed by atoms with Gasteiger partial charge in [0.2, 0.25) is 5.91 Å². The van der Waals surface area contributed by atoms with E-state index in [1.54, 1.807) is 18.2 Å². The summed E-state index contributed by atoms with van der Waals surface area (Å²) in [6.07, 6.45) is 0.333. The quantitative estimate of drug-likeness (QED) is 0.796. The molecule has 0 unspecified atom stereocenters. The van der Waals surface area contributed by atoms with Crippen molar-refractivity contribution in [2.24, 2.45) is 0 Å². The SMILES string of the molecule is O=C(Cc1ccccc1)Nc1ccc(OC2COC2)c(SO)c1. The van der Waals surface area contributed by atoms with Crippen molar-refractivity contribution in [1.29, 1.82) is 0 Å². The average Bonchev–Trinajstić information content (AvgIpc) is 2.52. The number of benzene rings is 2. The van der Waals surface area contributed by atoms with Crippen LogP contribution in [0, 0.1) is 0 Å². The van der Waals surface area contributed by atoms with Crippen molar-refractivity contribution in [3.63, 3.8) is 0 Å². The van der Waals surface area contributed by atoms with Crippen LogP contribution in [-0.2, 0) is 16.0 Å². The highest BCUT2D eigenvalue weighted by atomic mass is 32.2. The zero-order valence-corrected chi connectivity index (χ0v) is 13.2. The first kappa shape index (κ1) is 15.9. The largest absolute Gasteiger partial charge is 0.484 e. The van der Waals surface area contributed by atoms with E-state index in [0.717, 1.165) is 5.56 Å². The van der Waals surface area contributed by atoms with Gasteiger partial charge < -0.3 is 19.3 Å². The van der Waals surface area contributed by atoms with Gasteiger partial charge in [-0.3, -0.25) is 4.79 Å². The topological polar surface area (TPSA) is 67.8 Å². The summed E-state index contributed by atoms with van der Waals surface area (Å²) in [5.74, 6) is 0.484. The number of nitrogens with one attached hydrogen (secondary N) is 1. The molecule has 23 heavy (non-hydrogen) atoms. The highest BCUT2D eigenvalue weighted by Crippen LogP contribution is 2.32. The van der Waals surface area contributed by atoms with Gasteiger partial charge in [-0.05, 0) is 23.8 Å². The minimum absolute atomic E-state index is 0.0272. The highest BCUT2D eigenvalue weighted by molar-refractivity contribution is 7.93. The van der Waals surface area contributed by atoms with Crippen molar-refractivity contribution >= 4 is 23.6 Å². The Kier molecular flexibility index (Phi) is 5.17. The summed E-state index contributed by atoms with van der Waals surface area (Å²) in [7, 11) is 0. The minimum Gasteiger partial charge on any atom is -0.484 e. The summed E-state index contributed by atoms with van der Waals surface area (Å²) < 4.78 is 20.2. The zero-order valence-electron chi connectivity index (χ0n) is 12.4. The first-order valence-electron chi connectivity index (χ1n) is 7.28. The number of hydrogen-bond donors (Lipinski definition) is 2. The van der Waals surface area contributed by atoms with E-state index in [0.29, 0.717) is 48.0 Å². The number of hydrogen-bond acceptors (Lipinski definition) is 5. The third-order valence-electron chi connectivity index (χ3n) is 3.43. The van der Waals surface area contributed by atoms with Gasteiger partial charge in [-0.25, -0.2) is 0 Å². The van der Waals surface area contributed by atoms with Gasteiger partial charge in [-0.1, -0.05) is 30.3 Å². The lowest BCUT2D eigenvalue weighted by Crippen LogP contribution is -2.38. The molecule has 0 bridgehead atoms. The van der Waals surface area contributed by atoms with Gasteiger partial charge in [0.1, 0.15) is 11.9 Å². The standard InChI is InChI=1S/C17H17NO4S/c19-17(8-12-4-2-1-3-5-12)18-13-6-7-15(16(9-13)23-20)22-14-10-21-11-14/h1-7,9,14,20H,8,10-11H2,(H,18,19). The summed E-state index contributed by atoms with van der Waals surface area (Å²) in [5, 5.41) is 2.83. The van der Waals surface area contributed by atoms with Gasteiger partial charge in [0.15, 0.2) is 0 Å². The molecule has 2 N–H and O–H groups in total.